The molecule has 15 heavy (non-hydrogen) atoms. The maximum atomic E-state index is 11.0. The van der Waals surface area contributed by atoms with Gasteiger partial charge in [-0.2, -0.15) is 0 Å². The summed E-state index contributed by atoms with van der Waals surface area (Å²) in [7, 11) is 0. The van der Waals surface area contributed by atoms with E-state index in [1.807, 2.05) is 0 Å². The van der Waals surface area contributed by atoms with E-state index in [-0.39, 0.29) is 13.2 Å². The van der Waals surface area contributed by atoms with Gasteiger partial charge in [-0.25, -0.2) is 4.79 Å². The van der Waals surface area contributed by atoms with Crippen LogP contribution in [0.5, 0.6) is 0 Å². The number of carbonyl (C=O) groups excluding carboxylic acids is 1. The summed E-state index contributed by atoms with van der Waals surface area (Å²) in [5.74, 6) is -0.436. The second kappa shape index (κ2) is 9.64. The minimum Gasteiger partial charge on any atom is -0.463 e. The summed E-state index contributed by atoms with van der Waals surface area (Å²) in [6.45, 7) is 6.76. The fourth-order valence-electron chi connectivity index (χ4n) is 0.772. The molecule has 0 aliphatic carbocycles. The molecule has 0 bridgehead atoms. The quantitative estimate of drug-likeness (QED) is 0.338. The minimum atomic E-state index is -0.436. The molecule has 5 heteroatoms. The molecule has 0 spiro atoms. The van der Waals surface area contributed by atoms with Gasteiger partial charge in [0.25, 0.3) is 0 Å². The molecule has 0 aromatic heterocycles. The molecule has 0 rings (SSSR count). The summed E-state index contributed by atoms with van der Waals surface area (Å²) < 4.78 is 14.8. The molecule has 1 N–H and O–H groups in total. The minimum absolute atomic E-state index is 0.00443. The van der Waals surface area contributed by atoms with Gasteiger partial charge in [0, 0.05) is 0 Å². The lowest BCUT2D eigenvalue weighted by Gasteiger charge is -2.06. The zero-order chi connectivity index (χ0) is 11.5. The molecular formula is C10H18O5. The highest BCUT2D eigenvalue weighted by Gasteiger charge is 2.06. The van der Waals surface area contributed by atoms with Crippen LogP contribution in [-0.2, 0) is 19.0 Å². The van der Waals surface area contributed by atoms with Crippen LogP contribution in [0.4, 0.5) is 0 Å². The van der Waals surface area contributed by atoms with Crippen molar-refractivity contribution in [1.82, 2.24) is 0 Å². The highest BCUT2D eigenvalue weighted by atomic mass is 16.5. The molecule has 0 aliphatic rings. The van der Waals surface area contributed by atoms with Gasteiger partial charge in [0.1, 0.15) is 0 Å². The SMILES string of the molecule is C=C(COCCOCCO)C(=O)OCC. The maximum Gasteiger partial charge on any atom is 0.335 e. The van der Waals surface area contributed by atoms with Crippen LogP contribution in [0.1, 0.15) is 6.92 Å². The second-order valence-electron chi connectivity index (χ2n) is 2.71. The van der Waals surface area contributed by atoms with Gasteiger partial charge in [0.05, 0.1) is 45.2 Å². The van der Waals surface area contributed by atoms with Crippen LogP contribution in [0.2, 0.25) is 0 Å². The Bertz CT molecular complexity index is 190. The fourth-order valence-corrected chi connectivity index (χ4v) is 0.772. The molecule has 0 fully saturated rings. The monoisotopic (exact) mass is 218 g/mol. The van der Waals surface area contributed by atoms with Gasteiger partial charge in [-0.3, -0.25) is 0 Å². The Morgan fingerprint density at radius 3 is 2.53 bits per heavy atom. The lowest BCUT2D eigenvalue weighted by atomic mass is 10.3. The van der Waals surface area contributed by atoms with Crippen LogP contribution in [0.3, 0.4) is 0 Å². The first kappa shape index (κ1) is 14.1. The van der Waals surface area contributed by atoms with Gasteiger partial charge in [-0.1, -0.05) is 6.58 Å². The van der Waals surface area contributed by atoms with E-state index in [1.54, 1.807) is 6.92 Å². The third-order valence-corrected chi connectivity index (χ3v) is 1.45. The predicted octanol–water partition coefficient (Wildman–Crippen LogP) is 0.131. The van der Waals surface area contributed by atoms with Crippen LogP contribution in [-0.4, -0.2) is 50.7 Å². The molecule has 0 radical (unpaired) electrons. The van der Waals surface area contributed by atoms with Crippen molar-refractivity contribution in [2.24, 2.45) is 0 Å². The first-order valence-corrected chi connectivity index (χ1v) is 4.83. The number of carbonyl (C=O) groups is 1. The Balaban J connectivity index is 3.35. The molecule has 0 amide bonds. The van der Waals surface area contributed by atoms with Gasteiger partial charge >= 0.3 is 5.97 Å². The van der Waals surface area contributed by atoms with E-state index in [4.69, 9.17) is 19.3 Å². The Hall–Kier alpha value is -0.910. The molecule has 0 aromatic carbocycles. The molecule has 0 unspecified atom stereocenters. The topological polar surface area (TPSA) is 65.0 Å². The molecule has 0 heterocycles. The molecule has 0 atom stereocenters. The number of rotatable bonds is 9. The van der Waals surface area contributed by atoms with E-state index in [2.05, 4.69) is 6.58 Å². The number of hydrogen-bond donors (Lipinski definition) is 1. The van der Waals surface area contributed by atoms with Gasteiger partial charge in [0.15, 0.2) is 0 Å². The summed E-state index contributed by atoms with van der Waals surface area (Å²) in [6.07, 6.45) is 0. The third-order valence-electron chi connectivity index (χ3n) is 1.45. The molecule has 5 nitrogen and oxygen atoms in total. The second-order valence-corrected chi connectivity index (χ2v) is 2.71. The van der Waals surface area contributed by atoms with Crippen molar-refractivity contribution in [2.45, 2.75) is 6.92 Å². The molecular weight excluding hydrogens is 200 g/mol. The molecule has 88 valence electrons. The average molecular weight is 218 g/mol. The van der Waals surface area contributed by atoms with Crippen molar-refractivity contribution >= 4 is 5.97 Å². The summed E-state index contributed by atoms with van der Waals surface area (Å²) in [4.78, 5) is 11.0. The Labute approximate surface area is 89.6 Å². The number of ether oxygens (including phenoxy) is 3. The molecule has 0 aliphatic heterocycles. The zero-order valence-corrected chi connectivity index (χ0v) is 9.03. The van der Waals surface area contributed by atoms with Crippen LogP contribution >= 0.6 is 0 Å². The van der Waals surface area contributed by atoms with Gasteiger partial charge < -0.3 is 19.3 Å². The smallest absolute Gasteiger partial charge is 0.335 e. The zero-order valence-electron chi connectivity index (χ0n) is 9.03. The number of esters is 1. The van der Waals surface area contributed by atoms with Crippen LogP contribution < -0.4 is 0 Å². The normalized spacial score (nSPS) is 10.0. The number of aliphatic hydroxyl groups excluding tert-OH is 1. The average Bonchev–Trinajstić information content (AvgIpc) is 2.23. The van der Waals surface area contributed by atoms with Crippen molar-refractivity contribution in [3.05, 3.63) is 12.2 Å². The standard InChI is InChI=1S/C10H18O5/c1-3-15-10(12)9(2)8-14-7-6-13-5-4-11/h11H,2-8H2,1H3. The summed E-state index contributed by atoms with van der Waals surface area (Å²) in [5.41, 5.74) is 0.291. The highest BCUT2D eigenvalue weighted by molar-refractivity contribution is 5.87. The van der Waals surface area contributed by atoms with Gasteiger partial charge in [0.2, 0.25) is 0 Å². The maximum absolute atomic E-state index is 11.0. The van der Waals surface area contributed by atoms with E-state index >= 15 is 0 Å². The molecule has 0 aromatic rings. The van der Waals surface area contributed by atoms with Crippen molar-refractivity contribution in [3.63, 3.8) is 0 Å². The Morgan fingerprint density at radius 2 is 1.93 bits per heavy atom. The van der Waals surface area contributed by atoms with E-state index in [0.29, 0.717) is 32.0 Å². The molecule has 0 saturated heterocycles. The van der Waals surface area contributed by atoms with E-state index in [1.165, 1.54) is 0 Å². The number of hydrogen-bond acceptors (Lipinski definition) is 5. The van der Waals surface area contributed by atoms with Crippen molar-refractivity contribution in [3.8, 4) is 0 Å². The van der Waals surface area contributed by atoms with Gasteiger partial charge in [-0.15, -0.1) is 0 Å². The van der Waals surface area contributed by atoms with Crippen molar-refractivity contribution in [1.29, 1.82) is 0 Å². The van der Waals surface area contributed by atoms with Crippen LogP contribution in [0.25, 0.3) is 0 Å². The lowest BCUT2D eigenvalue weighted by Crippen LogP contribution is -2.14. The lowest BCUT2D eigenvalue weighted by molar-refractivity contribution is -0.139. The number of aliphatic hydroxyl groups is 1. The Morgan fingerprint density at radius 1 is 1.27 bits per heavy atom. The van der Waals surface area contributed by atoms with E-state index in [0.717, 1.165) is 0 Å². The van der Waals surface area contributed by atoms with E-state index < -0.39 is 5.97 Å². The van der Waals surface area contributed by atoms with Crippen molar-refractivity contribution in [2.75, 3.05) is 39.6 Å². The largest absolute Gasteiger partial charge is 0.463 e. The summed E-state index contributed by atoms with van der Waals surface area (Å²) in [5, 5.41) is 8.40. The van der Waals surface area contributed by atoms with E-state index in [9.17, 15) is 4.79 Å². The first-order valence-electron chi connectivity index (χ1n) is 4.83. The third kappa shape index (κ3) is 8.11. The Kier molecular flexibility index (Phi) is 9.05. The summed E-state index contributed by atoms with van der Waals surface area (Å²) >= 11 is 0. The summed E-state index contributed by atoms with van der Waals surface area (Å²) in [6, 6.07) is 0. The first-order chi connectivity index (χ1) is 7.22. The van der Waals surface area contributed by atoms with Gasteiger partial charge in [-0.05, 0) is 6.92 Å². The highest BCUT2D eigenvalue weighted by Crippen LogP contribution is 1.95. The van der Waals surface area contributed by atoms with Crippen molar-refractivity contribution < 1.29 is 24.1 Å². The predicted molar refractivity (Wildman–Crippen MR) is 54.5 cm³/mol. The fraction of sp³-hybridized carbons (Fsp3) is 0.700. The molecule has 0 saturated carbocycles. The van der Waals surface area contributed by atoms with Crippen LogP contribution in [0.15, 0.2) is 12.2 Å². The van der Waals surface area contributed by atoms with Crippen LogP contribution in [0, 0.1) is 0 Å².